The minimum absolute atomic E-state index is 0.416. The summed E-state index contributed by atoms with van der Waals surface area (Å²) in [5.74, 6) is 1.44. The van der Waals surface area contributed by atoms with Crippen LogP contribution in [0.1, 0.15) is 30.3 Å². The smallest absolute Gasteiger partial charge is 0.197 e. The molecule has 0 saturated carbocycles. The van der Waals surface area contributed by atoms with Gasteiger partial charge >= 0.3 is 0 Å². The van der Waals surface area contributed by atoms with E-state index in [0.29, 0.717) is 11.6 Å². The summed E-state index contributed by atoms with van der Waals surface area (Å²) in [5, 5.41) is 22.5. The lowest BCUT2D eigenvalue weighted by molar-refractivity contribution is 0.436. The van der Waals surface area contributed by atoms with E-state index in [1.807, 2.05) is 29.8 Å². The van der Waals surface area contributed by atoms with Gasteiger partial charge in [0.2, 0.25) is 0 Å². The summed E-state index contributed by atoms with van der Waals surface area (Å²) >= 11 is 1.44. The number of rotatable bonds is 3. The van der Waals surface area contributed by atoms with Gasteiger partial charge in [0.25, 0.3) is 0 Å². The number of nitrogens with one attached hydrogen (secondary N) is 1. The van der Waals surface area contributed by atoms with Crippen LogP contribution < -0.4 is 5.32 Å². The van der Waals surface area contributed by atoms with E-state index in [2.05, 4.69) is 20.5 Å². The molecule has 108 valence electrons. The Labute approximate surface area is 127 Å². The van der Waals surface area contributed by atoms with Crippen LogP contribution >= 0.6 is 11.8 Å². The minimum atomic E-state index is 0.416. The molecule has 0 radical (unpaired) electrons. The van der Waals surface area contributed by atoms with Crippen LogP contribution in [0.2, 0.25) is 0 Å². The zero-order valence-electron chi connectivity index (χ0n) is 11.8. The highest BCUT2D eigenvalue weighted by molar-refractivity contribution is 7.99. The largest absolute Gasteiger partial charge is 0.316 e. The quantitative estimate of drug-likeness (QED) is 0.929. The van der Waals surface area contributed by atoms with E-state index in [4.69, 9.17) is 5.26 Å². The van der Waals surface area contributed by atoms with Crippen molar-refractivity contribution in [3.8, 4) is 6.07 Å². The minimum Gasteiger partial charge on any atom is -0.316 e. The van der Waals surface area contributed by atoms with Crippen molar-refractivity contribution in [3.05, 3.63) is 29.7 Å². The van der Waals surface area contributed by atoms with E-state index in [-0.39, 0.29) is 0 Å². The Morgan fingerprint density at radius 1 is 1.43 bits per heavy atom. The third kappa shape index (κ3) is 3.06. The highest BCUT2D eigenvalue weighted by Gasteiger charge is 2.22. The molecule has 21 heavy (non-hydrogen) atoms. The van der Waals surface area contributed by atoms with Crippen LogP contribution in [0.15, 0.2) is 28.4 Å². The molecule has 2 aromatic heterocycles. The van der Waals surface area contributed by atoms with Gasteiger partial charge in [0.05, 0.1) is 0 Å². The standard InChI is InChI=1S/C14H16N6S/c1-20-13(10-4-3-7-16-9-10)18-19-14(20)21-12-6-2-5-11(8-15)17-12/h2,5-6,10,16H,3-4,7,9H2,1H3. The van der Waals surface area contributed by atoms with E-state index < -0.39 is 0 Å². The van der Waals surface area contributed by atoms with Crippen molar-refractivity contribution in [2.75, 3.05) is 13.1 Å². The highest BCUT2D eigenvalue weighted by atomic mass is 32.2. The van der Waals surface area contributed by atoms with Gasteiger partial charge in [0, 0.05) is 19.5 Å². The first-order valence-electron chi connectivity index (χ1n) is 6.93. The van der Waals surface area contributed by atoms with Gasteiger partial charge in [-0.05, 0) is 43.3 Å². The molecule has 1 aliphatic heterocycles. The summed E-state index contributed by atoms with van der Waals surface area (Å²) in [4.78, 5) is 4.26. The van der Waals surface area contributed by atoms with Gasteiger partial charge in [-0.1, -0.05) is 6.07 Å². The van der Waals surface area contributed by atoms with Crippen LogP contribution in [-0.4, -0.2) is 32.8 Å². The van der Waals surface area contributed by atoms with Crippen molar-refractivity contribution in [2.45, 2.75) is 28.9 Å². The Morgan fingerprint density at radius 3 is 3.10 bits per heavy atom. The van der Waals surface area contributed by atoms with Crippen molar-refractivity contribution in [1.82, 2.24) is 25.1 Å². The molecule has 0 bridgehead atoms. The number of piperidine rings is 1. The van der Waals surface area contributed by atoms with Gasteiger partial charge in [-0.15, -0.1) is 10.2 Å². The lowest BCUT2D eigenvalue weighted by Gasteiger charge is -2.21. The van der Waals surface area contributed by atoms with E-state index in [9.17, 15) is 0 Å². The maximum absolute atomic E-state index is 8.90. The predicted molar refractivity (Wildman–Crippen MR) is 78.9 cm³/mol. The van der Waals surface area contributed by atoms with Gasteiger partial charge in [-0.2, -0.15) is 5.26 Å². The van der Waals surface area contributed by atoms with Crippen LogP contribution in [0.25, 0.3) is 0 Å². The second-order valence-corrected chi connectivity index (χ2v) is 6.01. The zero-order chi connectivity index (χ0) is 14.7. The molecule has 1 saturated heterocycles. The van der Waals surface area contributed by atoms with Crippen molar-refractivity contribution in [2.24, 2.45) is 7.05 Å². The second-order valence-electron chi connectivity index (χ2n) is 5.02. The predicted octanol–water partition coefficient (Wildman–Crippen LogP) is 1.70. The highest BCUT2D eigenvalue weighted by Crippen LogP contribution is 2.28. The molecule has 0 amide bonds. The fraction of sp³-hybridized carbons (Fsp3) is 0.429. The maximum Gasteiger partial charge on any atom is 0.197 e. The zero-order valence-corrected chi connectivity index (χ0v) is 12.6. The molecule has 1 N–H and O–H groups in total. The normalized spacial score (nSPS) is 18.4. The van der Waals surface area contributed by atoms with E-state index in [0.717, 1.165) is 35.5 Å². The third-order valence-electron chi connectivity index (χ3n) is 3.56. The van der Waals surface area contributed by atoms with Crippen molar-refractivity contribution in [1.29, 1.82) is 5.26 Å². The van der Waals surface area contributed by atoms with Gasteiger partial charge < -0.3 is 9.88 Å². The molecule has 3 heterocycles. The molecular weight excluding hydrogens is 284 g/mol. The van der Waals surface area contributed by atoms with Gasteiger partial charge in [0.15, 0.2) is 5.16 Å². The second kappa shape index (κ2) is 6.24. The number of nitriles is 1. The Morgan fingerprint density at radius 2 is 2.33 bits per heavy atom. The van der Waals surface area contributed by atoms with Gasteiger partial charge in [0.1, 0.15) is 22.6 Å². The lowest BCUT2D eigenvalue weighted by atomic mass is 9.99. The number of hydrogen-bond acceptors (Lipinski definition) is 6. The first-order valence-corrected chi connectivity index (χ1v) is 7.74. The first kappa shape index (κ1) is 14.0. The SMILES string of the molecule is Cn1c(Sc2cccc(C#N)n2)nnc1C1CCCNC1. The third-order valence-corrected chi connectivity index (χ3v) is 4.54. The average Bonchev–Trinajstić information content (AvgIpc) is 2.89. The van der Waals surface area contributed by atoms with Crippen LogP contribution in [0.4, 0.5) is 0 Å². The first-order chi connectivity index (χ1) is 10.3. The molecule has 0 aromatic carbocycles. The summed E-state index contributed by atoms with van der Waals surface area (Å²) < 4.78 is 2.03. The molecule has 7 heteroatoms. The number of pyridine rings is 1. The summed E-state index contributed by atoms with van der Waals surface area (Å²) in [6, 6.07) is 7.45. The molecule has 3 rings (SSSR count). The topological polar surface area (TPSA) is 79.4 Å². The summed E-state index contributed by atoms with van der Waals surface area (Å²) in [6.07, 6.45) is 2.32. The average molecular weight is 300 g/mol. The van der Waals surface area contributed by atoms with E-state index in [1.54, 1.807) is 6.07 Å². The van der Waals surface area contributed by atoms with Crippen LogP contribution in [0, 0.1) is 11.3 Å². The fourth-order valence-electron chi connectivity index (χ4n) is 2.47. The van der Waals surface area contributed by atoms with Gasteiger partial charge in [-0.25, -0.2) is 4.98 Å². The summed E-state index contributed by atoms with van der Waals surface area (Å²) in [7, 11) is 1.99. The Bertz CT molecular complexity index is 668. The monoisotopic (exact) mass is 300 g/mol. The molecule has 1 fully saturated rings. The fourth-order valence-corrected chi connectivity index (χ4v) is 3.26. The molecule has 1 atom stereocenters. The molecule has 1 aliphatic rings. The van der Waals surface area contributed by atoms with E-state index in [1.165, 1.54) is 18.2 Å². The Kier molecular flexibility index (Phi) is 4.18. The van der Waals surface area contributed by atoms with Crippen LogP contribution in [-0.2, 0) is 7.05 Å². The summed E-state index contributed by atoms with van der Waals surface area (Å²) in [6.45, 7) is 2.04. The van der Waals surface area contributed by atoms with Crippen LogP contribution in [0.5, 0.6) is 0 Å². The lowest BCUT2D eigenvalue weighted by Crippen LogP contribution is -2.29. The van der Waals surface area contributed by atoms with Crippen LogP contribution in [0.3, 0.4) is 0 Å². The molecule has 0 aliphatic carbocycles. The summed E-state index contributed by atoms with van der Waals surface area (Å²) in [5.41, 5.74) is 0.416. The Balaban J connectivity index is 1.80. The molecule has 6 nitrogen and oxygen atoms in total. The maximum atomic E-state index is 8.90. The van der Waals surface area contributed by atoms with Gasteiger partial charge in [-0.3, -0.25) is 0 Å². The molecule has 1 unspecified atom stereocenters. The molecule has 0 spiro atoms. The van der Waals surface area contributed by atoms with E-state index >= 15 is 0 Å². The van der Waals surface area contributed by atoms with Crippen molar-refractivity contribution >= 4 is 11.8 Å². The number of aromatic nitrogens is 4. The molecular formula is C14H16N6S. The number of nitrogens with zero attached hydrogens (tertiary/aromatic N) is 5. The molecule has 2 aromatic rings. The number of hydrogen-bond donors (Lipinski definition) is 1. The Hall–Kier alpha value is -1.91. The van der Waals surface area contributed by atoms with Crippen molar-refractivity contribution in [3.63, 3.8) is 0 Å². The van der Waals surface area contributed by atoms with Crippen molar-refractivity contribution < 1.29 is 0 Å².